The van der Waals surface area contributed by atoms with E-state index in [2.05, 4.69) is 44.2 Å². The average molecular weight is 570 g/mol. The second kappa shape index (κ2) is 10.8. The van der Waals surface area contributed by atoms with Gasteiger partial charge in [0, 0.05) is 83.6 Å². The van der Waals surface area contributed by atoms with Crippen LogP contribution >= 0.6 is 0 Å². The summed E-state index contributed by atoms with van der Waals surface area (Å²) in [5.41, 5.74) is 4.20. The summed E-state index contributed by atoms with van der Waals surface area (Å²) in [5, 5.41) is 14.1. The summed E-state index contributed by atoms with van der Waals surface area (Å²) < 4.78 is 25.0. The number of anilines is 1. The van der Waals surface area contributed by atoms with Crippen LogP contribution in [0.15, 0.2) is 55.1 Å². The Labute approximate surface area is 241 Å². The van der Waals surface area contributed by atoms with E-state index >= 15 is 0 Å². The Bertz CT molecular complexity index is 1610. The second-order valence-electron chi connectivity index (χ2n) is 11.0. The number of methoxy groups -OCH3 is 1. The third-order valence-corrected chi connectivity index (χ3v) is 9.83. The predicted molar refractivity (Wildman–Crippen MR) is 155 cm³/mol. The molecule has 2 unspecified atom stereocenters. The first-order valence-corrected chi connectivity index (χ1v) is 15.5. The first-order chi connectivity index (χ1) is 20.1. The lowest BCUT2D eigenvalue weighted by molar-refractivity contribution is -0.00876. The average Bonchev–Trinajstić information content (AvgIpc) is 3.44. The first-order valence-electron chi connectivity index (χ1n) is 14.0. The van der Waals surface area contributed by atoms with Crippen molar-refractivity contribution in [2.45, 2.75) is 44.0 Å². The molecule has 2 atom stereocenters. The van der Waals surface area contributed by atoms with Gasteiger partial charge in [-0.25, -0.2) is 14.5 Å². The van der Waals surface area contributed by atoms with E-state index in [4.69, 9.17) is 14.5 Å². The fraction of sp³-hybridized carbons (Fsp3) is 0.400. The van der Waals surface area contributed by atoms with Crippen LogP contribution in [0, 0.1) is 11.3 Å². The molecule has 4 aliphatic rings. The smallest absolute Gasteiger partial charge is 0.212 e. The molecule has 0 aliphatic carbocycles. The zero-order valence-electron chi connectivity index (χ0n) is 22.8. The number of ether oxygens (including phenoxy) is 2. The van der Waals surface area contributed by atoms with Crippen molar-refractivity contribution >= 4 is 22.1 Å². The lowest BCUT2D eigenvalue weighted by Gasteiger charge is -2.56. The predicted octanol–water partition coefficient (Wildman–Crippen LogP) is 3.42. The Balaban J connectivity index is 1.08. The molecule has 210 valence electrons. The van der Waals surface area contributed by atoms with Gasteiger partial charge in [-0.15, -0.1) is 0 Å². The molecule has 4 fully saturated rings. The third-order valence-electron chi connectivity index (χ3n) is 8.44. The van der Waals surface area contributed by atoms with Crippen molar-refractivity contribution in [3.8, 4) is 28.8 Å². The van der Waals surface area contributed by atoms with Gasteiger partial charge in [0.05, 0.1) is 30.6 Å². The Morgan fingerprint density at radius 2 is 1.90 bits per heavy atom. The highest BCUT2D eigenvalue weighted by Gasteiger charge is 2.44. The maximum Gasteiger partial charge on any atom is 0.212 e. The number of fused-ring (bicyclic) bond motifs is 3. The zero-order valence-corrected chi connectivity index (χ0v) is 23.7. The molecule has 8 rings (SSSR count). The highest BCUT2D eigenvalue weighted by Crippen LogP contribution is 2.37. The Morgan fingerprint density at radius 1 is 1.07 bits per heavy atom. The van der Waals surface area contributed by atoms with Crippen molar-refractivity contribution in [3.63, 3.8) is 0 Å². The van der Waals surface area contributed by atoms with E-state index in [1.54, 1.807) is 17.8 Å². The number of rotatable bonds is 7. The standard InChI is InChI=1S/C30H31N7O3S/c1-39-29-5-2-20(13-33-29)16-36-23-10-24(36)18-35(17-23)28-4-3-21(14-32-28)27-11-26(40-25-6-8-41(38)9-7-25)19-37-30(27)22(12-31)15-34-37/h2-5,11,13-15,19,23-25H,6-10,16-18H2,1H3. The van der Waals surface area contributed by atoms with Crippen LogP contribution in [0.25, 0.3) is 16.6 Å². The number of hydrogen-bond donors (Lipinski definition) is 0. The Hall–Kier alpha value is -4.01. The lowest BCUT2D eigenvalue weighted by Crippen LogP contribution is -2.68. The molecular weight excluding hydrogens is 538 g/mol. The minimum absolute atomic E-state index is 0.0237. The van der Waals surface area contributed by atoms with Gasteiger partial charge >= 0.3 is 0 Å². The first kappa shape index (κ1) is 25.9. The van der Waals surface area contributed by atoms with Crippen LogP contribution in [0.3, 0.4) is 0 Å². The second-order valence-corrected chi connectivity index (χ2v) is 12.6. The number of piperidine rings is 1. The molecular formula is C30H31N7O3S. The number of hydrogen-bond acceptors (Lipinski definition) is 9. The SMILES string of the molecule is COc1ccc(CN2C3CC2CN(c2ccc(-c4cc(OC5CCS(=O)CC5)cn5ncc(C#N)c45)cn2)C3)cn1. The Morgan fingerprint density at radius 3 is 2.59 bits per heavy atom. The largest absolute Gasteiger partial charge is 0.489 e. The summed E-state index contributed by atoms with van der Waals surface area (Å²) in [6.07, 6.45) is 9.96. The van der Waals surface area contributed by atoms with E-state index in [1.165, 1.54) is 12.0 Å². The molecule has 0 spiro atoms. The molecule has 4 aromatic heterocycles. The summed E-state index contributed by atoms with van der Waals surface area (Å²) >= 11 is 0. The van der Waals surface area contributed by atoms with Gasteiger partial charge in [0.15, 0.2) is 0 Å². The van der Waals surface area contributed by atoms with Crippen molar-refractivity contribution in [2.24, 2.45) is 0 Å². The van der Waals surface area contributed by atoms with Gasteiger partial charge in [-0.1, -0.05) is 6.07 Å². The molecule has 4 aromatic rings. The van der Waals surface area contributed by atoms with E-state index in [-0.39, 0.29) is 6.10 Å². The molecule has 4 saturated heterocycles. The fourth-order valence-corrected chi connectivity index (χ4v) is 7.50. The van der Waals surface area contributed by atoms with Gasteiger partial charge in [-0.05, 0) is 43.0 Å². The third kappa shape index (κ3) is 5.02. The highest BCUT2D eigenvalue weighted by atomic mass is 32.2. The summed E-state index contributed by atoms with van der Waals surface area (Å²) in [5.74, 6) is 3.62. The molecule has 4 aliphatic heterocycles. The summed E-state index contributed by atoms with van der Waals surface area (Å²) in [6, 6.07) is 13.4. The number of piperazine rings is 1. The van der Waals surface area contributed by atoms with Crippen molar-refractivity contribution in [1.82, 2.24) is 24.5 Å². The van der Waals surface area contributed by atoms with Crippen LogP contribution in [0.1, 0.15) is 30.4 Å². The number of nitriles is 1. The molecule has 0 amide bonds. The van der Waals surface area contributed by atoms with Crippen LogP contribution in [0.4, 0.5) is 5.82 Å². The van der Waals surface area contributed by atoms with E-state index in [9.17, 15) is 9.47 Å². The minimum Gasteiger partial charge on any atom is -0.489 e. The van der Waals surface area contributed by atoms with Crippen molar-refractivity contribution in [1.29, 1.82) is 5.26 Å². The molecule has 41 heavy (non-hydrogen) atoms. The molecule has 2 bridgehead atoms. The van der Waals surface area contributed by atoms with Gasteiger partial charge in [0.25, 0.3) is 0 Å². The lowest BCUT2D eigenvalue weighted by atomic mass is 9.87. The number of pyridine rings is 3. The normalized spacial score (nSPS) is 24.0. The zero-order chi connectivity index (χ0) is 27.9. The summed E-state index contributed by atoms with van der Waals surface area (Å²) in [4.78, 5) is 14.1. The van der Waals surface area contributed by atoms with Gasteiger partial charge in [-0.3, -0.25) is 9.11 Å². The Kier molecular flexibility index (Phi) is 6.80. The fourth-order valence-electron chi connectivity index (χ4n) is 6.25. The maximum atomic E-state index is 11.8. The van der Waals surface area contributed by atoms with Gasteiger partial charge in [0.1, 0.15) is 23.7 Å². The van der Waals surface area contributed by atoms with Crippen LogP contribution in [0.2, 0.25) is 0 Å². The minimum atomic E-state index is -0.745. The molecule has 0 aromatic carbocycles. The monoisotopic (exact) mass is 569 g/mol. The number of nitrogens with zero attached hydrogens (tertiary/aromatic N) is 7. The van der Waals surface area contributed by atoms with Crippen LogP contribution in [-0.4, -0.2) is 78.6 Å². The maximum absolute atomic E-state index is 11.8. The molecule has 0 saturated carbocycles. The van der Waals surface area contributed by atoms with Gasteiger partial charge in [0.2, 0.25) is 5.88 Å². The van der Waals surface area contributed by atoms with Crippen molar-refractivity contribution < 1.29 is 13.7 Å². The molecule has 0 N–H and O–H groups in total. The molecule has 8 heterocycles. The van der Waals surface area contributed by atoms with E-state index in [0.29, 0.717) is 40.8 Å². The highest BCUT2D eigenvalue weighted by molar-refractivity contribution is 7.85. The quantitative estimate of drug-likeness (QED) is 0.331. The van der Waals surface area contributed by atoms with E-state index in [0.717, 1.165) is 54.9 Å². The number of aromatic nitrogens is 4. The van der Waals surface area contributed by atoms with E-state index in [1.807, 2.05) is 30.7 Å². The van der Waals surface area contributed by atoms with Crippen LogP contribution < -0.4 is 14.4 Å². The van der Waals surface area contributed by atoms with Crippen molar-refractivity contribution in [3.05, 3.63) is 66.2 Å². The molecule has 10 nitrogen and oxygen atoms in total. The van der Waals surface area contributed by atoms with Crippen LogP contribution in [0.5, 0.6) is 11.6 Å². The van der Waals surface area contributed by atoms with Crippen molar-refractivity contribution in [2.75, 3.05) is 36.6 Å². The molecule has 0 radical (unpaired) electrons. The van der Waals surface area contributed by atoms with Crippen LogP contribution in [-0.2, 0) is 17.3 Å². The van der Waals surface area contributed by atoms with Gasteiger partial charge in [-0.2, -0.15) is 10.4 Å². The summed E-state index contributed by atoms with van der Waals surface area (Å²) in [7, 11) is 0.888. The summed E-state index contributed by atoms with van der Waals surface area (Å²) in [6.45, 7) is 2.77. The van der Waals surface area contributed by atoms with Gasteiger partial charge < -0.3 is 14.4 Å². The molecule has 11 heteroatoms. The topological polar surface area (TPSA) is 109 Å². The van der Waals surface area contributed by atoms with E-state index < -0.39 is 10.8 Å².